The molecule has 0 unspecified atom stereocenters. The van der Waals surface area contributed by atoms with E-state index in [0.29, 0.717) is 11.3 Å². The molecular formula is C15H15N3O5S. The average Bonchev–Trinajstić information content (AvgIpc) is 2.54. The highest BCUT2D eigenvalue weighted by Crippen LogP contribution is 2.14. The third kappa shape index (κ3) is 4.54. The Balaban J connectivity index is 2.08. The van der Waals surface area contributed by atoms with Gasteiger partial charge >= 0.3 is 0 Å². The molecule has 1 amide bonds. The standard InChI is InChI=1S/C15H15N3O5S/c16-24(22,23)13-7-3-11(4-8-13)17-15(20)14(18-21)9-10-1-5-12(19)6-2-10/h1-8,19,21H,9H2,(H,17,20)(H2,16,22,23)/b18-14+. The third-order valence-corrected chi connectivity index (χ3v) is 4.06. The predicted octanol–water partition coefficient (Wildman–Crippen LogP) is 1.05. The van der Waals surface area contributed by atoms with E-state index in [2.05, 4.69) is 10.5 Å². The summed E-state index contributed by atoms with van der Waals surface area (Å²) in [7, 11) is -3.81. The Hall–Kier alpha value is -2.91. The van der Waals surface area contributed by atoms with Gasteiger partial charge in [-0.1, -0.05) is 17.3 Å². The van der Waals surface area contributed by atoms with E-state index in [4.69, 9.17) is 10.3 Å². The minimum Gasteiger partial charge on any atom is -0.508 e. The number of hydrogen-bond acceptors (Lipinski definition) is 6. The number of oxime groups is 1. The number of nitrogens with two attached hydrogens (primary N) is 1. The largest absolute Gasteiger partial charge is 0.508 e. The Labute approximate surface area is 138 Å². The predicted molar refractivity (Wildman–Crippen MR) is 87.5 cm³/mol. The Kier molecular flexibility index (Phi) is 5.17. The van der Waals surface area contributed by atoms with Crippen molar-refractivity contribution in [3.63, 3.8) is 0 Å². The molecule has 0 aliphatic heterocycles. The Morgan fingerprint density at radius 3 is 2.17 bits per heavy atom. The van der Waals surface area contributed by atoms with E-state index in [1.807, 2.05) is 0 Å². The van der Waals surface area contributed by atoms with E-state index in [-0.39, 0.29) is 22.8 Å². The van der Waals surface area contributed by atoms with Crippen LogP contribution in [-0.4, -0.2) is 30.4 Å². The van der Waals surface area contributed by atoms with Crippen LogP contribution in [0, 0.1) is 0 Å². The fourth-order valence-electron chi connectivity index (χ4n) is 1.90. The van der Waals surface area contributed by atoms with Crippen LogP contribution in [0.5, 0.6) is 5.75 Å². The fourth-order valence-corrected chi connectivity index (χ4v) is 2.41. The van der Waals surface area contributed by atoms with Gasteiger partial charge in [-0.2, -0.15) is 0 Å². The van der Waals surface area contributed by atoms with Crippen molar-refractivity contribution in [1.82, 2.24) is 0 Å². The van der Waals surface area contributed by atoms with Crippen molar-refractivity contribution in [3.05, 3.63) is 54.1 Å². The number of anilines is 1. The van der Waals surface area contributed by atoms with E-state index in [1.165, 1.54) is 36.4 Å². The number of phenolic OH excluding ortho intramolecular Hbond substituents is 1. The number of benzene rings is 2. The van der Waals surface area contributed by atoms with Crippen LogP contribution in [0.1, 0.15) is 5.56 Å². The second-order valence-corrected chi connectivity index (χ2v) is 6.47. The maximum absolute atomic E-state index is 12.1. The first-order valence-electron chi connectivity index (χ1n) is 6.72. The van der Waals surface area contributed by atoms with Gasteiger partial charge in [0, 0.05) is 12.1 Å². The number of carbonyl (C=O) groups is 1. The summed E-state index contributed by atoms with van der Waals surface area (Å²) in [6.45, 7) is 0. The fraction of sp³-hybridized carbons (Fsp3) is 0.0667. The lowest BCUT2D eigenvalue weighted by Crippen LogP contribution is -2.25. The average molecular weight is 349 g/mol. The minimum absolute atomic E-state index is 0.0534. The van der Waals surface area contributed by atoms with Crippen LogP contribution in [0.15, 0.2) is 58.6 Å². The highest BCUT2D eigenvalue weighted by Gasteiger charge is 2.14. The first-order valence-corrected chi connectivity index (χ1v) is 8.27. The summed E-state index contributed by atoms with van der Waals surface area (Å²) in [6, 6.07) is 11.3. The molecule has 0 aromatic heterocycles. The molecular weight excluding hydrogens is 334 g/mol. The van der Waals surface area contributed by atoms with Crippen LogP contribution in [0.4, 0.5) is 5.69 Å². The van der Waals surface area contributed by atoms with Crippen LogP contribution in [0.25, 0.3) is 0 Å². The Morgan fingerprint density at radius 2 is 1.67 bits per heavy atom. The molecule has 0 aliphatic carbocycles. The smallest absolute Gasteiger partial charge is 0.273 e. The van der Waals surface area contributed by atoms with Crippen molar-refractivity contribution in [2.75, 3.05) is 5.32 Å². The van der Waals surface area contributed by atoms with E-state index in [9.17, 15) is 18.3 Å². The zero-order valence-electron chi connectivity index (χ0n) is 12.4. The van der Waals surface area contributed by atoms with E-state index in [0.717, 1.165) is 0 Å². The monoisotopic (exact) mass is 349 g/mol. The van der Waals surface area contributed by atoms with Crippen molar-refractivity contribution in [3.8, 4) is 5.75 Å². The van der Waals surface area contributed by atoms with Gasteiger partial charge in [0.15, 0.2) is 0 Å². The maximum Gasteiger partial charge on any atom is 0.273 e. The number of amides is 1. The highest BCUT2D eigenvalue weighted by atomic mass is 32.2. The van der Waals surface area contributed by atoms with Crippen molar-refractivity contribution in [2.24, 2.45) is 10.3 Å². The number of hydrogen-bond donors (Lipinski definition) is 4. The number of phenols is 1. The van der Waals surface area contributed by atoms with Crippen molar-refractivity contribution < 1.29 is 23.5 Å². The molecule has 9 heteroatoms. The first-order chi connectivity index (χ1) is 11.3. The summed E-state index contributed by atoms with van der Waals surface area (Å²) in [4.78, 5) is 12.0. The van der Waals surface area contributed by atoms with Crippen molar-refractivity contribution in [2.45, 2.75) is 11.3 Å². The zero-order chi connectivity index (χ0) is 17.7. The molecule has 0 radical (unpaired) electrons. The van der Waals surface area contributed by atoms with Crippen LogP contribution in [0.3, 0.4) is 0 Å². The molecule has 0 atom stereocenters. The second-order valence-electron chi connectivity index (χ2n) is 4.91. The molecule has 0 fully saturated rings. The summed E-state index contributed by atoms with van der Waals surface area (Å²) >= 11 is 0. The van der Waals surface area contributed by atoms with Gasteiger partial charge in [0.05, 0.1) is 4.90 Å². The van der Waals surface area contributed by atoms with E-state index >= 15 is 0 Å². The van der Waals surface area contributed by atoms with Gasteiger partial charge in [0.2, 0.25) is 10.0 Å². The number of rotatable bonds is 5. The molecule has 0 bridgehead atoms. The molecule has 126 valence electrons. The van der Waals surface area contributed by atoms with Gasteiger partial charge in [0.25, 0.3) is 5.91 Å². The summed E-state index contributed by atoms with van der Waals surface area (Å²) < 4.78 is 22.3. The van der Waals surface area contributed by atoms with Gasteiger partial charge in [0.1, 0.15) is 11.5 Å². The van der Waals surface area contributed by atoms with Gasteiger partial charge in [-0.25, -0.2) is 13.6 Å². The third-order valence-electron chi connectivity index (χ3n) is 3.13. The van der Waals surface area contributed by atoms with E-state index < -0.39 is 15.9 Å². The molecule has 0 saturated carbocycles. The Bertz CT molecular complexity index is 859. The number of aromatic hydroxyl groups is 1. The van der Waals surface area contributed by atoms with Gasteiger partial charge in [-0.05, 0) is 42.0 Å². The molecule has 0 heterocycles. The lowest BCUT2D eigenvalue weighted by molar-refractivity contribution is -0.110. The van der Waals surface area contributed by atoms with Gasteiger partial charge < -0.3 is 15.6 Å². The highest BCUT2D eigenvalue weighted by molar-refractivity contribution is 7.89. The maximum atomic E-state index is 12.1. The SMILES string of the molecule is NS(=O)(=O)c1ccc(NC(=O)/C(Cc2ccc(O)cc2)=N/O)cc1. The number of carbonyl (C=O) groups excluding carboxylic acids is 1. The second kappa shape index (κ2) is 7.11. The quantitative estimate of drug-likeness (QED) is 0.362. The topological polar surface area (TPSA) is 142 Å². The number of primary sulfonamides is 1. The van der Waals surface area contributed by atoms with E-state index in [1.54, 1.807) is 12.1 Å². The molecule has 0 spiro atoms. The first kappa shape index (κ1) is 17.4. The summed E-state index contributed by atoms with van der Waals surface area (Å²) in [6.07, 6.45) is 0.0534. The van der Waals surface area contributed by atoms with Crippen LogP contribution in [-0.2, 0) is 21.2 Å². The van der Waals surface area contributed by atoms with Gasteiger partial charge in [-0.3, -0.25) is 4.79 Å². The summed E-state index contributed by atoms with van der Waals surface area (Å²) in [5.41, 5.74) is 0.843. The summed E-state index contributed by atoms with van der Waals surface area (Å²) in [5, 5.41) is 28.7. The minimum atomic E-state index is -3.81. The lowest BCUT2D eigenvalue weighted by Gasteiger charge is -2.08. The van der Waals surface area contributed by atoms with Gasteiger partial charge in [-0.15, -0.1) is 0 Å². The van der Waals surface area contributed by atoms with Crippen LogP contribution in [0.2, 0.25) is 0 Å². The number of nitrogens with one attached hydrogen (secondary N) is 1. The molecule has 2 aromatic carbocycles. The number of nitrogens with zero attached hydrogens (tertiary/aromatic N) is 1. The summed E-state index contributed by atoms with van der Waals surface area (Å²) in [5.74, 6) is -0.561. The number of sulfonamides is 1. The Morgan fingerprint density at radius 1 is 1.08 bits per heavy atom. The molecule has 8 nitrogen and oxygen atoms in total. The van der Waals surface area contributed by atoms with Crippen LogP contribution >= 0.6 is 0 Å². The molecule has 0 saturated heterocycles. The van der Waals surface area contributed by atoms with Crippen molar-refractivity contribution in [1.29, 1.82) is 0 Å². The normalized spacial score (nSPS) is 12.0. The molecule has 24 heavy (non-hydrogen) atoms. The van der Waals surface area contributed by atoms with Crippen molar-refractivity contribution >= 4 is 27.3 Å². The molecule has 2 rings (SSSR count). The lowest BCUT2D eigenvalue weighted by atomic mass is 10.1. The molecule has 2 aromatic rings. The zero-order valence-corrected chi connectivity index (χ0v) is 13.2. The molecule has 5 N–H and O–H groups in total. The molecule has 0 aliphatic rings. The van der Waals surface area contributed by atoms with Crippen LogP contribution < -0.4 is 10.5 Å².